The van der Waals surface area contributed by atoms with Gasteiger partial charge in [0.2, 0.25) is 5.91 Å². The van der Waals surface area contributed by atoms with Crippen molar-refractivity contribution in [2.75, 3.05) is 18.4 Å². The van der Waals surface area contributed by atoms with E-state index >= 15 is 0 Å². The van der Waals surface area contributed by atoms with Crippen molar-refractivity contribution in [3.8, 4) is 0 Å². The number of halogens is 1. The van der Waals surface area contributed by atoms with E-state index in [1.165, 1.54) is 5.57 Å². The Bertz CT molecular complexity index is 591. The summed E-state index contributed by atoms with van der Waals surface area (Å²) in [6.07, 6.45) is 6.94. The van der Waals surface area contributed by atoms with E-state index in [0.29, 0.717) is 6.54 Å². The van der Waals surface area contributed by atoms with Crippen molar-refractivity contribution in [2.45, 2.75) is 13.3 Å². The van der Waals surface area contributed by atoms with E-state index in [-0.39, 0.29) is 12.5 Å². The Kier molecular flexibility index (Phi) is 5.87. The van der Waals surface area contributed by atoms with Crippen LogP contribution in [0.5, 0.6) is 0 Å². The number of amides is 1. The van der Waals surface area contributed by atoms with Crippen molar-refractivity contribution < 1.29 is 4.79 Å². The zero-order valence-corrected chi connectivity index (χ0v) is 13.6. The highest BCUT2D eigenvalue weighted by molar-refractivity contribution is 9.09. The molecule has 0 unspecified atom stereocenters. The standard InChI is InChI=1S/C16H18BrN3O/c1-2-5-12(9-17)8-13-10-19-15(21)11-20-16(13)14-6-3-4-7-18-14/h3-8H,2,9-11H2,1H3,(H,19,21)/b12-5+,13-8+. The lowest BCUT2D eigenvalue weighted by Gasteiger charge is -2.09. The predicted octanol–water partition coefficient (Wildman–Crippen LogP) is 2.66. The van der Waals surface area contributed by atoms with Crippen molar-refractivity contribution in [1.82, 2.24) is 10.3 Å². The van der Waals surface area contributed by atoms with Crippen LogP contribution in [0.3, 0.4) is 0 Å². The number of nitrogens with one attached hydrogen (secondary N) is 1. The first-order valence-electron chi connectivity index (χ1n) is 6.93. The second-order valence-electron chi connectivity index (χ2n) is 4.65. The van der Waals surface area contributed by atoms with Crippen LogP contribution in [0, 0.1) is 0 Å². The summed E-state index contributed by atoms with van der Waals surface area (Å²) in [6.45, 7) is 2.72. The van der Waals surface area contributed by atoms with Gasteiger partial charge in [-0.3, -0.25) is 14.8 Å². The maximum absolute atomic E-state index is 11.6. The van der Waals surface area contributed by atoms with Gasteiger partial charge in [0.15, 0.2) is 0 Å². The normalized spacial score (nSPS) is 18.2. The van der Waals surface area contributed by atoms with Crippen molar-refractivity contribution in [3.63, 3.8) is 0 Å². The van der Waals surface area contributed by atoms with Gasteiger partial charge in [-0.1, -0.05) is 41.1 Å². The average Bonchev–Trinajstić information content (AvgIpc) is 2.70. The number of carbonyl (C=O) groups is 1. The number of nitrogens with zero attached hydrogens (tertiary/aromatic N) is 2. The molecule has 21 heavy (non-hydrogen) atoms. The summed E-state index contributed by atoms with van der Waals surface area (Å²) in [5, 5.41) is 3.65. The van der Waals surface area contributed by atoms with Crippen LogP contribution in [0.1, 0.15) is 19.0 Å². The predicted molar refractivity (Wildman–Crippen MR) is 88.9 cm³/mol. The first kappa shape index (κ1) is 15.6. The van der Waals surface area contributed by atoms with Crippen LogP contribution < -0.4 is 5.32 Å². The maximum atomic E-state index is 11.6. The summed E-state index contributed by atoms with van der Waals surface area (Å²) in [5.74, 6) is -0.0632. The molecule has 0 spiro atoms. The van der Waals surface area contributed by atoms with Gasteiger partial charge >= 0.3 is 0 Å². The summed E-state index contributed by atoms with van der Waals surface area (Å²) in [4.78, 5) is 20.4. The molecule has 0 saturated heterocycles. The number of carbonyl (C=O) groups excluding carboxylic acids is 1. The molecule has 1 amide bonds. The fraction of sp³-hybridized carbons (Fsp3) is 0.312. The molecule has 4 nitrogen and oxygen atoms in total. The largest absolute Gasteiger partial charge is 0.350 e. The molecule has 1 aliphatic heterocycles. The average molecular weight is 348 g/mol. The van der Waals surface area contributed by atoms with Crippen LogP contribution in [0.2, 0.25) is 0 Å². The molecule has 0 atom stereocenters. The highest BCUT2D eigenvalue weighted by atomic mass is 79.9. The minimum atomic E-state index is -0.0632. The van der Waals surface area contributed by atoms with Gasteiger partial charge in [-0.25, -0.2) is 0 Å². The lowest BCUT2D eigenvalue weighted by Crippen LogP contribution is -2.26. The summed E-state index contributed by atoms with van der Waals surface area (Å²) in [5.41, 5.74) is 3.74. The first-order valence-corrected chi connectivity index (χ1v) is 8.05. The zero-order valence-electron chi connectivity index (χ0n) is 12.0. The molecule has 5 heteroatoms. The molecule has 1 aliphatic rings. The van der Waals surface area contributed by atoms with E-state index in [1.54, 1.807) is 6.20 Å². The van der Waals surface area contributed by atoms with Crippen LogP contribution in [-0.4, -0.2) is 35.0 Å². The highest BCUT2D eigenvalue weighted by Crippen LogP contribution is 2.14. The topological polar surface area (TPSA) is 54.4 Å². The fourth-order valence-corrected chi connectivity index (χ4v) is 2.48. The van der Waals surface area contributed by atoms with Crippen LogP contribution >= 0.6 is 15.9 Å². The van der Waals surface area contributed by atoms with Crippen molar-refractivity contribution in [1.29, 1.82) is 0 Å². The van der Waals surface area contributed by atoms with Crippen molar-refractivity contribution >= 4 is 27.5 Å². The van der Waals surface area contributed by atoms with Gasteiger partial charge in [0.1, 0.15) is 6.54 Å². The lowest BCUT2D eigenvalue weighted by atomic mass is 10.0. The van der Waals surface area contributed by atoms with E-state index in [2.05, 4.69) is 50.3 Å². The van der Waals surface area contributed by atoms with Gasteiger partial charge in [0, 0.05) is 18.1 Å². The molecule has 0 fully saturated rings. The third-order valence-corrected chi connectivity index (χ3v) is 3.70. The number of aromatic nitrogens is 1. The molecule has 1 aromatic rings. The lowest BCUT2D eigenvalue weighted by molar-refractivity contribution is -0.119. The number of rotatable bonds is 4. The van der Waals surface area contributed by atoms with E-state index in [4.69, 9.17) is 0 Å². The molecule has 0 bridgehead atoms. The molecule has 0 aromatic carbocycles. The minimum Gasteiger partial charge on any atom is -0.350 e. The molecule has 1 aromatic heterocycles. The van der Waals surface area contributed by atoms with E-state index in [1.807, 2.05) is 18.2 Å². The van der Waals surface area contributed by atoms with Gasteiger partial charge in [-0.05, 0) is 29.7 Å². The van der Waals surface area contributed by atoms with E-state index in [9.17, 15) is 4.79 Å². The Morgan fingerprint density at radius 1 is 1.48 bits per heavy atom. The molecular formula is C16H18BrN3O. The third-order valence-electron chi connectivity index (χ3n) is 3.05. The number of hydrogen-bond donors (Lipinski definition) is 1. The monoisotopic (exact) mass is 347 g/mol. The van der Waals surface area contributed by atoms with Crippen LogP contribution in [0.4, 0.5) is 0 Å². The van der Waals surface area contributed by atoms with Crippen LogP contribution in [0.15, 0.2) is 52.7 Å². The van der Waals surface area contributed by atoms with Crippen LogP contribution in [0.25, 0.3) is 0 Å². The Labute approximate surface area is 133 Å². The smallest absolute Gasteiger partial charge is 0.241 e. The maximum Gasteiger partial charge on any atom is 0.241 e. The molecule has 110 valence electrons. The van der Waals surface area contributed by atoms with E-state index < -0.39 is 0 Å². The van der Waals surface area contributed by atoms with Gasteiger partial charge in [-0.2, -0.15) is 0 Å². The quantitative estimate of drug-likeness (QED) is 0.851. The summed E-state index contributed by atoms with van der Waals surface area (Å²) in [6, 6.07) is 5.71. The van der Waals surface area contributed by atoms with E-state index in [0.717, 1.165) is 28.7 Å². The SMILES string of the molecule is CC/C=C(\C=C1/CNC(=O)CN=C1c1ccccn1)CBr. The Morgan fingerprint density at radius 2 is 2.33 bits per heavy atom. The van der Waals surface area contributed by atoms with Gasteiger partial charge in [-0.15, -0.1) is 0 Å². The molecule has 0 saturated carbocycles. The molecular weight excluding hydrogens is 330 g/mol. The van der Waals surface area contributed by atoms with Gasteiger partial charge in [0.05, 0.1) is 11.4 Å². The summed E-state index contributed by atoms with van der Waals surface area (Å²) < 4.78 is 0. The molecule has 0 radical (unpaired) electrons. The number of aliphatic imine (C=N–C) groups is 1. The molecule has 1 N–H and O–H groups in total. The second kappa shape index (κ2) is 7.88. The number of hydrogen-bond acceptors (Lipinski definition) is 3. The first-order chi connectivity index (χ1) is 10.2. The summed E-state index contributed by atoms with van der Waals surface area (Å²) >= 11 is 3.50. The summed E-state index contributed by atoms with van der Waals surface area (Å²) in [7, 11) is 0. The Balaban J connectivity index is 2.42. The van der Waals surface area contributed by atoms with Crippen LogP contribution in [-0.2, 0) is 4.79 Å². The number of allylic oxidation sites excluding steroid dienone is 3. The van der Waals surface area contributed by atoms with Crippen molar-refractivity contribution in [2.24, 2.45) is 4.99 Å². The molecule has 2 rings (SSSR count). The molecule has 2 heterocycles. The molecule has 0 aliphatic carbocycles. The van der Waals surface area contributed by atoms with Gasteiger partial charge in [0.25, 0.3) is 0 Å². The second-order valence-corrected chi connectivity index (χ2v) is 5.21. The number of alkyl halides is 1. The number of pyridine rings is 1. The zero-order chi connectivity index (χ0) is 15.1. The Morgan fingerprint density at radius 3 is 3.00 bits per heavy atom. The highest BCUT2D eigenvalue weighted by Gasteiger charge is 2.16. The fourth-order valence-electron chi connectivity index (χ4n) is 2.09. The Hall–Kier alpha value is -1.75. The van der Waals surface area contributed by atoms with Gasteiger partial charge < -0.3 is 5.32 Å². The third kappa shape index (κ3) is 4.36. The van der Waals surface area contributed by atoms with Crippen molar-refractivity contribution in [3.05, 3.63) is 53.4 Å². The minimum absolute atomic E-state index is 0.0632.